The van der Waals surface area contributed by atoms with Gasteiger partial charge in [-0.2, -0.15) is 0 Å². The Morgan fingerprint density at radius 1 is 0.935 bits per heavy atom. The van der Waals surface area contributed by atoms with E-state index in [1.807, 2.05) is 36.4 Å². The molecule has 2 aromatic rings. The molecular weight excluding hydrogens is 390 g/mol. The van der Waals surface area contributed by atoms with Crippen LogP contribution in [0.4, 0.5) is 4.79 Å². The third-order valence-corrected chi connectivity index (χ3v) is 4.84. The number of carbonyl (C=O) groups is 2. The van der Waals surface area contributed by atoms with E-state index in [9.17, 15) is 9.59 Å². The predicted molar refractivity (Wildman–Crippen MR) is 124 cm³/mol. The second-order valence-corrected chi connectivity index (χ2v) is 8.60. The minimum atomic E-state index is -0.673. The SMILES string of the molecule is CC(C)(C)OC(=O)N[C@@H](CCCCN)C(=O)NCC(c1ccccc1)c1ccccc1. The lowest BCUT2D eigenvalue weighted by Gasteiger charge is -2.24. The first-order valence-electron chi connectivity index (χ1n) is 10.9. The molecule has 0 aliphatic carbocycles. The molecule has 0 fully saturated rings. The number of nitrogens with one attached hydrogen (secondary N) is 2. The van der Waals surface area contributed by atoms with Crippen molar-refractivity contribution < 1.29 is 14.3 Å². The van der Waals surface area contributed by atoms with Crippen LogP contribution in [0.3, 0.4) is 0 Å². The zero-order valence-corrected chi connectivity index (χ0v) is 18.8. The van der Waals surface area contributed by atoms with E-state index in [0.29, 0.717) is 19.5 Å². The Morgan fingerprint density at radius 3 is 1.97 bits per heavy atom. The summed E-state index contributed by atoms with van der Waals surface area (Å²) in [7, 11) is 0. The van der Waals surface area contributed by atoms with Crippen LogP contribution in [0.15, 0.2) is 60.7 Å². The van der Waals surface area contributed by atoms with Gasteiger partial charge in [-0.15, -0.1) is 0 Å². The minimum Gasteiger partial charge on any atom is -0.444 e. The predicted octanol–water partition coefficient (Wildman–Crippen LogP) is 3.96. The number of ether oxygens (including phenoxy) is 1. The summed E-state index contributed by atoms with van der Waals surface area (Å²) in [6.07, 6.45) is 1.44. The smallest absolute Gasteiger partial charge is 0.408 e. The highest BCUT2D eigenvalue weighted by Gasteiger charge is 2.25. The van der Waals surface area contributed by atoms with E-state index in [0.717, 1.165) is 24.0 Å². The molecular formula is C25H35N3O3. The average Bonchev–Trinajstić information content (AvgIpc) is 2.73. The molecule has 1 atom stereocenters. The van der Waals surface area contributed by atoms with Crippen LogP contribution in [-0.4, -0.2) is 36.7 Å². The fraction of sp³-hybridized carbons (Fsp3) is 0.440. The van der Waals surface area contributed by atoms with Crippen molar-refractivity contribution in [2.75, 3.05) is 13.1 Å². The van der Waals surface area contributed by atoms with E-state index in [1.165, 1.54) is 0 Å². The van der Waals surface area contributed by atoms with Crippen molar-refractivity contribution in [3.8, 4) is 0 Å². The molecule has 0 saturated heterocycles. The number of rotatable bonds is 10. The number of unbranched alkanes of at least 4 members (excludes halogenated alkanes) is 1. The number of nitrogens with two attached hydrogens (primary N) is 1. The lowest BCUT2D eigenvalue weighted by molar-refractivity contribution is -0.123. The van der Waals surface area contributed by atoms with Gasteiger partial charge in [0.1, 0.15) is 11.6 Å². The Morgan fingerprint density at radius 2 is 1.48 bits per heavy atom. The summed E-state index contributed by atoms with van der Waals surface area (Å²) in [6.45, 7) is 6.35. The Kier molecular flexibility index (Phi) is 9.53. The number of alkyl carbamates (subject to hydrolysis) is 1. The Balaban J connectivity index is 2.09. The molecule has 0 saturated carbocycles. The molecule has 2 amide bonds. The molecule has 0 aliphatic heterocycles. The van der Waals surface area contributed by atoms with Gasteiger partial charge in [-0.25, -0.2) is 4.79 Å². The maximum atomic E-state index is 13.0. The third kappa shape index (κ3) is 8.80. The van der Waals surface area contributed by atoms with E-state index >= 15 is 0 Å². The molecule has 6 nitrogen and oxygen atoms in total. The van der Waals surface area contributed by atoms with Crippen LogP contribution >= 0.6 is 0 Å². The zero-order valence-electron chi connectivity index (χ0n) is 18.8. The van der Waals surface area contributed by atoms with E-state index in [-0.39, 0.29) is 11.8 Å². The van der Waals surface area contributed by atoms with Gasteiger partial charge in [0.15, 0.2) is 0 Å². The van der Waals surface area contributed by atoms with Crippen molar-refractivity contribution in [2.24, 2.45) is 5.73 Å². The number of benzene rings is 2. The molecule has 0 bridgehead atoms. The van der Waals surface area contributed by atoms with Crippen LogP contribution in [0, 0.1) is 0 Å². The van der Waals surface area contributed by atoms with Crippen molar-refractivity contribution in [3.63, 3.8) is 0 Å². The molecule has 0 aliphatic rings. The highest BCUT2D eigenvalue weighted by Crippen LogP contribution is 2.23. The van der Waals surface area contributed by atoms with E-state index < -0.39 is 17.7 Å². The fourth-order valence-corrected chi connectivity index (χ4v) is 3.34. The van der Waals surface area contributed by atoms with Gasteiger partial charge in [0.25, 0.3) is 0 Å². The first-order valence-corrected chi connectivity index (χ1v) is 10.9. The van der Waals surface area contributed by atoms with E-state index in [4.69, 9.17) is 10.5 Å². The van der Waals surface area contributed by atoms with Crippen LogP contribution in [-0.2, 0) is 9.53 Å². The van der Waals surface area contributed by atoms with Gasteiger partial charge in [-0.05, 0) is 57.7 Å². The molecule has 2 aromatic carbocycles. The van der Waals surface area contributed by atoms with Gasteiger partial charge in [-0.3, -0.25) is 4.79 Å². The molecule has 0 unspecified atom stereocenters. The second kappa shape index (κ2) is 12.1. The van der Waals surface area contributed by atoms with Crippen molar-refractivity contribution >= 4 is 12.0 Å². The summed E-state index contributed by atoms with van der Waals surface area (Å²) in [5.41, 5.74) is 7.20. The lowest BCUT2D eigenvalue weighted by atomic mass is 9.91. The van der Waals surface area contributed by atoms with Gasteiger partial charge in [0.05, 0.1) is 0 Å². The maximum absolute atomic E-state index is 13.0. The molecule has 4 N–H and O–H groups in total. The quantitative estimate of drug-likeness (QED) is 0.502. The number of hydrogen-bond acceptors (Lipinski definition) is 4. The summed E-state index contributed by atoms with van der Waals surface area (Å²) >= 11 is 0. The van der Waals surface area contributed by atoms with Crippen molar-refractivity contribution in [1.29, 1.82) is 0 Å². The van der Waals surface area contributed by atoms with E-state index in [1.54, 1.807) is 20.8 Å². The fourth-order valence-electron chi connectivity index (χ4n) is 3.34. The van der Waals surface area contributed by atoms with Crippen molar-refractivity contribution in [1.82, 2.24) is 10.6 Å². The highest BCUT2D eigenvalue weighted by molar-refractivity contribution is 5.85. The topological polar surface area (TPSA) is 93.4 Å². The standard InChI is InChI=1S/C25H35N3O3/c1-25(2,3)31-24(30)28-22(16-10-11-17-26)23(29)27-18-21(19-12-6-4-7-13-19)20-14-8-5-9-15-20/h4-9,12-15,21-22H,10-11,16-18,26H2,1-3H3,(H,27,29)(H,28,30)/t22-/m0/s1. The molecule has 0 heterocycles. The number of hydrogen-bond donors (Lipinski definition) is 3. The van der Waals surface area contributed by atoms with Crippen LogP contribution in [0.2, 0.25) is 0 Å². The summed E-state index contributed by atoms with van der Waals surface area (Å²) in [5, 5.41) is 5.76. The molecule has 0 aromatic heterocycles. The molecule has 6 heteroatoms. The maximum Gasteiger partial charge on any atom is 0.408 e. The summed E-state index contributed by atoms with van der Waals surface area (Å²) in [4.78, 5) is 25.2. The van der Waals surface area contributed by atoms with Crippen LogP contribution in [0.5, 0.6) is 0 Å². The van der Waals surface area contributed by atoms with Crippen molar-refractivity contribution in [2.45, 2.75) is 57.6 Å². The van der Waals surface area contributed by atoms with Gasteiger partial charge < -0.3 is 21.1 Å². The number of carbonyl (C=O) groups excluding carboxylic acids is 2. The highest BCUT2D eigenvalue weighted by atomic mass is 16.6. The first kappa shape index (κ1) is 24.4. The molecule has 31 heavy (non-hydrogen) atoms. The average molecular weight is 426 g/mol. The lowest BCUT2D eigenvalue weighted by Crippen LogP contribution is -2.49. The van der Waals surface area contributed by atoms with Gasteiger partial charge in [0, 0.05) is 12.5 Å². The Labute approximate surface area is 185 Å². The van der Waals surface area contributed by atoms with Crippen LogP contribution < -0.4 is 16.4 Å². The van der Waals surface area contributed by atoms with E-state index in [2.05, 4.69) is 34.9 Å². The molecule has 0 spiro atoms. The van der Waals surface area contributed by atoms with Gasteiger partial charge >= 0.3 is 6.09 Å². The van der Waals surface area contributed by atoms with Crippen molar-refractivity contribution in [3.05, 3.63) is 71.8 Å². The largest absolute Gasteiger partial charge is 0.444 e. The number of amides is 2. The summed E-state index contributed by atoms with van der Waals surface area (Å²) in [5.74, 6) is -0.211. The normalized spacial score (nSPS) is 12.3. The van der Waals surface area contributed by atoms with Crippen LogP contribution in [0.1, 0.15) is 57.1 Å². The van der Waals surface area contributed by atoms with Gasteiger partial charge in [0.2, 0.25) is 5.91 Å². The minimum absolute atomic E-state index is 0.0116. The second-order valence-electron chi connectivity index (χ2n) is 8.60. The van der Waals surface area contributed by atoms with Crippen LogP contribution in [0.25, 0.3) is 0 Å². The molecule has 168 valence electrons. The Hall–Kier alpha value is -2.86. The summed E-state index contributed by atoms with van der Waals surface area (Å²) in [6, 6.07) is 19.5. The monoisotopic (exact) mass is 425 g/mol. The van der Waals surface area contributed by atoms with Gasteiger partial charge in [-0.1, -0.05) is 60.7 Å². The Bertz CT molecular complexity index is 764. The third-order valence-electron chi connectivity index (χ3n) is 4.84. The summed E-state index contributed by atoms with van der Waals surface area (Å²) < 4.78 is 5.33. The first-order chi connectivity index (χ1) is 14.8. The zero-order chi connectivity index (χ0) is 22.7. The molecule has 0 radical (unpaired) electrons. The molecule has 2 rings (SSSR count).